The van der Waals surface area contributed by atoms with E-state index < -0.39 is 12.2 Å². The topological polar surface area (TPSA) is 115 Å². The van der Waals surface area contributed by atoms with Gasteiger partial charge in [0.1, 0.15) is 12.0 Å². The van der Waals surface area contributed by atoms with Crippen molar-refractivity contribution in [2.24, 2.45) is 0 Å². The van der Waals surface area contributed by atoms with Crippen molar-refractivity contribution in [2.45, 2.75) is 31.5 Å². The second-order valence-electron chi connectivity index (χ2n) is 7.01. The third-order valence-corrected chi connectivity index (χ3v) is 4.67. The van der Waals surface area contributed by atoms with Crippen LogP contribution in [-0.2, 0) is 4.79 Å². The first-order valence-corrected chi connectivity index (χ1v) is 10.4. The van der Waals surface area contributed by atoms with E-state index in [9.17, 15) is 9.18 Å². The third kappa shape index (κ3) is 7.81. The smallest absolute Gasteiger partial charge is 0.237 e. The van der Waals surface area contributed by atoms with Crippen molar-refractivity contribution in [3.63, 3.8) is 0 Å². The summed E-state index contributed by atoms with van der Waals surface area (Å²) in [5.41, 5.74) is 1.92. The largest absolute Gasteiger partial charge is 0.372 e. The first-order valence-electron chi connectivity index (χ1n) is 10.4. The number of terminal acetylenes is 1. The van der Waals surface area contributed by atoms with Crippen molar-refractivity contribution in [2.75, 3.05) is 30.8 Å². The summed E-state index contributed by atoms with van der Waals surface area (Å²) >= 11 is 0. The standard InChI is InChI=1S/C22H24FN7O.C2H2/c1-25-20-16(7-3-2-4-9-26-21(31)19-11-17(23)14-27-19)13-28-22(30-20)29-18-8-5-6-15(10-18)12-24;1-2/h5-6,8,10,13,17,19,27H,2,4,9,11,14H2,1H3,(H,26,31)(H2,25,28,29,30);1-2H/t17-,19?;/m0./s1. The molecule has 1 aromatic heterocycles. The molecule has 8 nitrogen and oxygen atoms in total. The molecule has 2 heterocycles. The molecule has 9 heteroatoms. The summed E-state index contributed by atoms with van der Waals surface area (Å²) in [5.74, 6) is 6.91. The zero-order valence-electron chi connectivity index (χ0n) is 18.4. The molecule has 2 atom stereocenters. The van der Waals surface area contributed by atoms with Crippen molar-refractivity contribution in [1.29, 1.82) is 5.26 Å². The van der Waals surface area contributed by atoms with E-state index in [2.05, 4.69) is 62.0 Å². The minimum absolute atomic E-state index is 0.164. The Labute approximate surface area is 193 Å². The number of carbonyl (C=O) groups is 1. The molecule has 0 saturated carbocycles. The predicted molar refractivity (Wildman–Crippen MR) is 126 cm³/mol. The van der Waals surface area contributed by atoms with Gasteiger partial charge in [-0.3, -0.25) is 4.79 Å². The molecule has 1 aliphatic heterocycles. The number of alkyl halides is 1. The minimum Gasteiger partial charge on any atom is -0.372 e. The highest BCUT2D eigenvalue weighted by atomic mass is 19.1. The molecule has 2 aromatic rings. The van der Waals surface area contributed by atoms with Gasteiger partial charge < -0.3 is 21.3 Å². The monoisotopic (exact) mass is 447 g/mol. The Morgan fingerprint density at radius 3 is 2.91 bits per heavy atom. The van der Waals surface area contributed by atoms with Crippen LogP contribution in [0.5, 0.6) is 0 Å². The molecule has 1 aromatic carbocycles. The Bertz CT molecular complexity index is 1070. The van der Waals surface area contributed by atoms with Crippen LogP contribution in [0, 0.1) is 36.0 Å². The van der Waals surface area contributed by atoms with Crippen LogP contribution in [0.25, 0.3) is 0 Å². The SMILES string of the molecule is C#C.CNc1nc(Nc2cccc(C#N)c2)ncc1C#CCCCNC(=O)C1C[C@H](F)CN1. The zero-order valence-corrected chi connectivity index (χ0v) is 18.4. The van der Waals surface area contributed by atoms with Gasteiger partial charge in [0, 0.05) is 38.7 Å². The molecule has 1 amide bonds. The number of nitrogens with one attached hydrogen (secondary N) is 4. The number of nitrogens with zero attached hydrogens (tertiary/aromatic N) is 3. The van der Waals surface area contributed by atoms with Gasteiger partial charge in [-0.25, -0.2) is 9.37 Å². The molecule has 1 aliphatic rings. The van der Waals surface area contributed by atoms with Crippen LogP contribution in [0.15, 0.2) is 30.5 Å². The number of unbranched alkanes of at least 4 members (excludes halogenated alkanes) is 1. The van der Waals surface area contributed by atoms with Crippen molar-refractivity contribution in [1.82, 2.24) is 20.6 Å². The molecular formula is C24H26FN7O. The highest BCUT2D eigenvalue weighted by molar-refractivity contribution is 5.82. The van der Waals surface area contributed by atoms with E-state index >= 15 is 0 Å². The van der Waals surface area contributed by atoms with Gasteiger partial charge in [-0.05, 0) is 24.6 Å². The van der Waals surface area contributed by atoms with Crippen molar-refractivity contribution in [3.05, 3.63) is 41.6 Å². The molecule has 1 fully saturated rings. The highest BCUT2D eigenvalue weighted by Gasteiger charge is 2.28. The Balaban J connectivity index is 0.00000187. The summed E-state index contributed by atoms with van der Waals surface area (Å²) in [6, 6.07) is 8.70. The van der Waals surface area contributed by atoms with E-state index in [0.717, 1.165) is 5.69 Å². The van der Waals surface area contributed by atoms with E-state index in [0.29, 0.717) is 42.3 Å². The molecule has 0 radical (unpaired) electrons. The number of hydrogen-bond donors (Lipinski definition) is 4. The van der Waals surface area contributed by atoms with Crippen molar-refractivity contribution < 1.29 is 9.18 Å². The molecule has 1 unspecified atom stereocenters. The summed E-state index contributed by atoms with van der Waals surface area (Å²) in [6.45, 7) is 0.725. The second-order valence-corrected chi connectivity index (χ2v) is 7.01. The number of halogens is 1. The number of nitriles is 1. The van der Waals surface area contributed by atoms with Gasteiger partial charge >= 0.3 is 0 Å². The predicted octanol–water partition coefficient (Wildman–Crippen LogP) is 2.33. The number of aromatic nitrogens is 2. The van der Waals surface area contributed by atoms with Crippen molar-refractivity contribution in [3.8, 4) is 30.8 Å². The van der Waals surface area contributed by atoms with E-state index in [-0.39, 0.29) is 18.9 Å². The lowest BCUT2D eigenvalue weighted by Gasteiger charge is -2.09. The Hall–Kier alpha value is -4.13. The maximum absolute atomic E-state index is 13.1. The van der Waals surface area contributed by atoms with E-state index in [1.165, 1.54) is 0 Å². The minimum atomic E-state index is -0.950. The normalized spacial score (nSPS) is 16.2. The Morgan fingerprint density at radius 2 is 2.21 bits per heavy atom. The number of rotatable bonds is 7. The third-order valence-electron chi connectivity index (χ3n) is 4.67. The summed E-state index contributed by atoms with van der Waals surface area (Å²) < 4.78 is 13.1. The molecule has 0 bridgehead atoms. The van der Waals surface area contributed by atoms with E-state index in [1.54, 1.807) is 31.4 Å². The van der Waals surface area contributed by atoms with Crippen LogP contribution in [0.3, 0.4) is 0 Å². The number of anilines is 3. The summed E-state index contributed by atoms with van der Waals surface area (Å²) in [5, 5.41) is 20.7. The van der Waals surface area contributed by atoms with E-state index in [1.807, 2.05) is 6.07 Å². The van der Waals surface area contributed by atoms with Crippen LogP contribution in [-0.4, -0.2) is 48.2 Å². The van der Waals surface area contributed by atoms with Gasteiger partial charge in [-0.15, -0.1) is 12.8 Å². The van der Waals surface area contributed by atoms with Crippen molar-refractivity contribution >= 4 is 23.4 Å². The van der Waals surface area contributed by atoms with Crippen LogP contribution in [0.1, 0.15) is 30.4 Å². The second kappa shape index (κ2) is 13.3. The maximum atomic E-state index is 13.1. The van der Waals surface area contributed by atoms with Crippen LogP contribution in [0.4, 0.5) is 21.8 Å². The van der Waals surface area contributed by atoms with E-state index in [4.69, 9.17) is 5.26 Å². The van der Waals surface area contributed by atoms with Crippen LogP contribution < -0.4 is 21.3 Å². The molecule has 170 valence electrons. The van der Waals surface area contributed by atoms with Gasteiger partial charge in [-0.2, -0.15) is 10.2 Å². The molecule has 1 saturated heterocycles. The average Bonchev–Trinajstić information content (AvgIpc) is 3.29. The number of hydrogen-bond acceptors (Lipinski definition) is 7. The molecule has 3 rings (SSSR count). The Kier molecular flexibility index (Phi) is 10.1. The fraction of sp³-hybridized carbons (Fsp3) is 0.333. The summed E-state index contributed by atoms with van der Waals surface area (Å²) in [7, 11) is 1.75. The lowest BCUT2D eigenvalue weighted by atomic mass is 10.2. The first-order chi connectivity index (χ1) is 16.1. The van der Waals surface area contributed by atoms with Gasteiger partial charge in [0.15, 0.2) is 0 Å². The quantitative estimate of drug-likeness (QED) is 0.380. The maximum Gasteiger partial charge on any atom is 0.237 e. The molecule has 4 N–H and O–H groups in total. The first kappa shape index (κ1) is 25.1. The van der Waals surface area contributed by atoms with Gasteiger partial charge in [0.25, 0.3) is 0 Å². The lowest BCUT2D eigenvalue weighted by Crippen LogP contribution is -2.40. The van der Waals surface area contributed by atoms with Gasteiger partial charge in [0.2, 0.25) is 11.9 Å². The van der Waals surface area contributed by atoms with Gasteiger partial charge in [-0.1, -0.05) is 17.9 Å². The zero-order chi connectivity index (χ0) is 24.1. The molecule has 0 aliphatic carbocycles. The lowest BCUT2D eigenvalue weighted by molar-refractivity contribution is -0.122. The number of amides is 1. The average molecular weight is 448 g/mol. The van der Waals surface area contributed by atoms with Gasteiger partial charge in [0.05, 0.1) is 29.4 Å². The molecule has 0 spiro atoms. The van der Waals surface area contributed by atoms with Crippen LogP contribution in [0.2, 0.25) is 0 Å². The fourth-order valence-electron chi connectivity index (χ4n) is 3.08. The fourth-order valence-corrected chi connectivity index (χ4v) is 3.08. The molecular weight excluding hydrogens is 421 g/mol. The summed E-state index contributed by atoms with van der Waals surface area (Å²) in [6.07, 6.45) is 10.2. The van der Waals surface area contributed by atoms with Crippen LogP contribution >= 0.6 is 0 Å². The molecule has 33 heavy (non-hydrogen) atoms. The number of carbonyl (C=O) groups excluding carboxylic acids is 1. The summed E-state index contributed by atoms with van der Waals surface area (Å²) in [4.78, 5) is 20.6. The highest BCUT2D eigenvalue weighted by Crippen LogP contribution is 2.17. The number of benzene rings is 1. The Morgan fingerprint density at radius 1 is 1.39 bits per heavy atom.